The highest BCUT2D eigenvalue weighted by molar-refractivity contribution is 6.30. The zero-order chi connectivity index (χ0) is 27.9. The van der Waals surface area contributed by atoms with Crippen molar-refractivity contribution < 1.29 is 24.2 Å². The minimum atomic E-state index is -1.11. The molecule has 0 radical (unpaired) electrons. The molecule has 2 aliphatic heterocycles. The Morgan fingerprint density at radius 1 is 1.05 bits per heavy atom. The van der Waals surface area contributed by atoms with Gasteiger partial charge in [-0.2, -0.15) is 0 Å². The lowest BCUT2D eigenvalue weighted by Gasteiger charge is -2.32. The number of likely N-dealkylation sites (tertiary alicyclic amines) is 1. The van der Waals surface area contributed by atoms with Crippen molar-refractivity contribution in [3.63, 3.8) is 0 Å². The van der Waals surface area contributed by atoms with E-state index in [2.05, 4.69) is 0 Å². The van der Waals surface area contributed by atoms with Crippen LogP contribution in [0.4, 0.5) is 5.69 Å². The maximum Gasteiger partial charge on any atom is 0.326 e. The first-order valence-corrected chi connectivity index (χ1v) is 13.7. The highest BCUT2D eigenvalue weighted by atomic mass is 35.5. The highest BCUT2D eigenvalue weighted by Gasteiger charge is 2.42. The highest BCUT2D eigenvalue weighted by Crippen LogP contribution is 2.43. The fourth-order valence-corrected chi connectivity index (χ4v) is 5.84. The van der Waals surface area contributed by atoms with Crippen LogP contribution in [-0.2, 0) is 19.1 Å². The van der Waals surface area contributed by atoms with E-state index in [0.717, 1.165) is 21.9 Å². The standard InChI is InChI=1S/C31H33ClN2O5/c1-31(2,3)18-34-24-14-13-20(32)16-23(24)28(22-11-6-9-19-8-4-5-10-21(19)22)39-26(29(34)36)17-27(35)33-15-7-12-25(33)30(37)38/h4-6,8-11,13-14,16,25-26,28H,7,12,15,17-18H2,1-3H3,(H,37,38)/t25-,26+,28+/m1/s1. The van der Waals surface area contributed by atoms with Crippen LogP contribution < -0.4 is 4.90 Å². The van der Waals surface area contributed by atoms with E-state index in [0.29, 0.717) is 36.6 Å². The second-order valence-electron chi connectivity index (χ2n) is 11.5. The van der Waals surface area contributed by atoms with E-state index in [1.165, 1.54) is 4.90 Å². The second-order valence-corrected chi connectivity index (χ2v) is 12.0. The summed E-state index contributed by atoms with van der Waals surface area (Å²) in [5, 5.41) is 12.1. The number of amides is 2. The number of hydrogen-bond donors (Lipinski definition) is 1. The largest absolute Gasteiger partial charge is 0.480 e. The van der Waals surface area contributed by atoms with Crippen molar-refractivity contribution in [2.24, 2.45) is 5.41 Å². The molecular weight excluding hydrogens is 516 g/mol. The average Bonchev–Trinajstić information content (AvgIpc) is 3.36. The first kappa shape index (κ1) is 27.2. The molecule has 2 amide bonds. The van der Waals surface area contributed by atoms with Crippen LogP contribution in [0.1, 0.15) is 57.3 Å². The SMILES string of the molecule is CC(C)(C)CN1C(=O)[C@H](CC(=O)N2CCC[C@@H]2C(=O)O)O[C@@H](c2cccc3ccccc23)c2cc(Cl)ccc21. The Bertz CT molecular complexity index is 1430. The normalized spacial score (nSPS) is 21.6. The molecule has 2 aliphatic rings. The van der Waals surface area contributed by atoms with Gasteiger partial charge in [0.15, 0.2) is 0 Å². The molecule has 7 nitrogen and oxygen atoms in total. The molecule has 3 aromatic carbocycles. The van der Waals surface area contributed by atoms with Crippen LogP contribution in [0, 0.1) is 5.41 Å². The molecular formula is C31H33ClN2O5. The molecule has 2 heterocycles. The number of hydrogen-bond acceptors (Lipinski definition) is 4. The quantitative estimate of drug-likeness (QED) is 0.434. The van der Waals surface area contributed by atoms with Crippen LogP contribution >= 0.6 is 11.6 Å². The second kappa shape index (κ2) is 10.6. The maximum absolute atomic E-state index is 14.2. The van der Waals surface area contributed by atoms with Crippen LogP contribution in [0.25, 0.3) is 10.8 Å². The molecule has 8 heteroatoms. The van der Waals surface area contributed by atoms with Crippen molar-refractivity contribution in [1.82, 2.24) is 4.90 Å². The molecule has 39 heavy (non-hydrogen) atoms. The summed E-state index contributed by atoms with van der Waals surface area (Å²) >= 11 is 6.50. The van der Waals surface area contributed by atoms with E-state index in [4.69, 9.17) is 16.3 Å². The van der Waals surface area contributed by atoms with Gasteiger partial charge in [0.2, 0.25) is 5.91 Å². The first-order valence-electron chi connectivity index (χ1n) is 13.3. The number of rotatable bonds is 5. The Morgan fingerprint density at radius 3 is 2.54 bits per heavy atom. The molecule has 0 bridgehead atoms. The summed E-state index contributed by atoms with van der Waals surface area (Å²) in [4.78, 5) is 42.4. The minimum Gasteiger partial charge on any atom is -0.480 e. The number of ether oxygens (including phenoxy) is 1. The van der Waals surface area contributed by atoms with Gasteiger partial charge in [-0.3, -0.25) is 9.59 Å². The van der Waals surface area contributed by atoms with Crippen molar-refractivity contribution in [2.45, 2.75) is 58.3 Å². The van der Waals surface area contributed by atoms with Gasteiger partial charge in [0, 0.05) is 29.4 Å². The average molecular weight is 549 g/mol. The zero-order valence-corrected chi connectivity index (χ0v) is 23.1. The van der Waals surface area contributed by atoms with Gasteiger partial charge < -0.3 is 19.6 Å². The fourth-order valence-electron chi connectivity index (χ4n) is 5.66. The van der Waals surface area contributed by atoms with Crippen molar-refractivity contribution in [1.29, 1.82) is 0 Å². The maximum atomic E-state index is 14.2. The molecule has 0 saturated carbocycles. The summed E-state index contributed by atoms with van der Waals surface area (Å²) in [6.45, 7) is 6.90. The molecule has 3 aromatic rings. The number of nitrogens with zero attached hydrogens (tertiary/aromatic N) is 2. The van der Waals surface area contributed by atoms with Gasteiger partial charge >= 0.3 is 5.97 Å². The topological polar surface area (TPSA) is 87.2 Å². The van der Waals surface area contributed by atoms with E-state index in [-0.39, 0.29) is 17.7 Å². The van der Waals surface area contributed by atoms with Gasteiger partial charge in [0.05, 0.1) is 6.42 Å². The Hall–Kier alpha value is -3.42. The predicted molar refractivity (Wildman–Crippen MR) is 151 cm³/mol. The predicted octanol–water partition coefficient (Wildman–Crippen LogP) is 5.83. The number of carboxylic acids is 1. The van der Waals surface area contributed by atoms with Crippen molar-refractivity contribution >= 4 is 45.8 Å². The number of halogens is 1. The molecule has 1 saturated heterocycles. The van der Waals surface area contributed by atoms with E-state index >= 15 is 0 Å². The number of carboxylic acid groups (broad SMARTS) is 1. The molecule has 204 valence electrons. The summed E-state index contributed by atoms with van der Waals surface area (Å²) in [6, 6.07) is 18.5. The van der Waals surface area contributed by atoms with Crippen molar-refractivity contribution in [2.75, 3.05) is 18.0 Å². The van der Waals surface area contributed by atoms with Gasteiger partial charge in [0.25, 0.3) is 5.91 Å². The summed E-state index contributed by atoms with van der Waals surface area (Å²) in [5.74, 6) is -1.75. The van der Waals surface area contributed by atoms with Gasteiger partial charge in [-0.15, -0.1) is 0 Å². The van der Waals surface area contributed by atoms with E-state index in [9.17, 15) is 19.5 Å². The Balaban J connectivity index is 1.63. The minimum absolute atomic E-state index is 0.244. The zero-order valence-electron chi connectivity index (χ0n) is 22.4. The third-order valence-corrected chi connectivity index (χ3v) is 7.60. The number of fused-ring (bicyclic) bond motifs is 2. The molecule has 0 aromatic heterocycles. The lowest BCUT2D eigenvalue weighted by Crippen LogP contribution is -2.47. The Labute approximate surface area is 233 Å². The van der Waals surface area contributed by atoms with Gasteiger partial charge in [-0.05, 0) is 52.8 Å². The van der Waals surface area contributed by atoms with Crippen LogP contribution in [0.2, 0.25) is 5.02 Å². The smallest absolute Gasteiger partial charge is 0.326 e. The third kappa shape index (κ3) is 5.52. The van der Waals surface area contributed by atoms with Crippen LogP contribution in [0.5, 0.6) is 0 Å². The van der Waals surface area contributed by atoms with Crippen LogP contribution in [0.15, 0.2) is 60.7 Å². The summed E-state index contributed by atoms with van der Waals surface area (Å²) in [5.41, 5.74) is 2.06. The van der Waals surface area contributed by atoms with E-state index in [1.54, 1.807) is 11.0 Å². The molecule has 0 aliphatic carbocycles. The molecule has 1 N–H and O–H groups in total. The van der Waals surface area contributed by atoms with Crippen molar-refractivity contribution in [3.8, 4) is 0 Å². The lowest BCUT2D eigenvalue weighted by atomic mass is 9.93. The molecule has 0 unspecified atom stereocenters. The molecule has 5 rings (SSSR count). The van der Waals surface area contributed by atoms with Crippen LogP contribution in [-0.4, -0.2) is 53.0 Å². The number of aliphatic carboxylic acids is 1. The summed E-state index contributed by atoms with van der Waals surface area (Å²) in [7, 11) is 0. The molecule has 0 spiro atoms. The summed E-state index contributed by atoms with van der Waals surface area (Å²) < 4.78 is 6.63. The number of anilines is 1. The van der Waals surface area contributed by atoms with E-state index in [1.807, 2.05) is 75.4 Å². The van der Waals surface area contributed by atoms with Gasteiger partial charge in [-0.1, -0.05) is 74.8 Å². The number of benzene rings is 3. The number of carbonyl (C=O) groups excluding carboxylic acids is 2. The third-order valence-electron chi connectivity index (χ3n) is 7.36. The Kier molecular flexibility index (Phi) is 7.40. The lowest BCUT2D eigenvalue weighted by molar-refractivity contribution is -0.151. The van der Waals surface area contributed by atoms with E-state index < -0.39 is 30.1 Å². The Morgan fingerprint density at radius 2 is 1.79 bits per heavy atom. The monoisotopic (exact) mass is 548 g/mol. The van der Waals surface area contributed by atoms with Crippen molar-refractivity contribution in [3.05, 3.63) is 76.8 Å². The fraction of sp³-hybridized carbons (Fsp3) is 0.387. The number of carbonyl (C=O) groups is 3. The van der Waals surface area contributed by atoms with Gasteiger partial charge in [-0.25, -0.2) is 4.79 Å². The first-order chi connectivity index (χ1) is 18.5. The molecule has 3 atom stereocenters. The van der Waals surface area contributed by atoms with Crippen LogP contribution in [0.3, 0.4) is 0 Å². The van der Waals surface area contributed by atoms with Gasteiger partial charge in [0.1, 0.15) is 18.2 Å². The molecule has 1 fully saturated rings. The summed E-state index contributed by atoms with van der Waals surface area (Å²) in [6.07, 6.45) is -1.01.